The number of thiazole rings is 1. The second-order valence-corrected chi connectivity index (χ2v) is 9.11. The molecule has 3 aromatic rings. The summed E-state index contributed by atoms with van der Waals surface area (Å²) < 4.78 is 30.1. The van der Waals surface area contributed by atoms with Crippen molar-refractivity contribution >= 4 is 38.6 Å². The van der Waals surface area contributed by atoms with E-state index in [2.05, 4.69) is 9.71 Å². The van der Waals surface area contributed by atoms with Gasteiger partial charge in [-0.25, -0.2) is 13.4 Å². The Morgan fingerprint density at radius 1 is 1.20 bits per heavy atom. The zero-order valence-corrected chi connectivity index (χ0v) is 16.7. The molecule has 3 rings (SSSR count). The Labute approximate surface area is 156 Å². The van der Waals surface area contributed by atoms with E-state index in [1.165, 1.54) is 0 Å². The number of aromatic nitrogens is 2. The fraction of sp³-hybridized carbons (Fsp3) is 0.235. The van der Waals surface area contributed by atoms with Gasteiger partial charge >= 0.3 is 0 Å². The van der Waals surface area contributed by atoms with Gasteiger partial charge in [-0.15, -0.1) is 11.3 Å². The molecule has 0 saturated carbocycles. The van der Waals surface area contributed by atoms with Crippen LogP contribution in [0.4, 0.5) is 5.69 Å². The molecule has 1 N–H and O–H groups in total. The lowest BCUT2D eigenvalue weighted by Crippen LogP contribution is -2.13. The summed E-state index contributed by atoms with van der Waals surface area (Å²) in [4.78, 5) is 5.89. The van der Waals surface area contributed by atoms with Crippen LogP contribution >= 0.6 is 22.9 Å². The molecule has 1 aromatic carbocycles. The smallest absolute Gasteiger partial charge is 0.263 e. The van der Waals surface area contributed by atoms with Crippen LogP contribution in [0.25, 0.3) is 10.7 Å². The Balaban J connectivity index is 2.04. The molecule has 8 heteroatoms. The van der Waals surface area contributed by atoms with Crippen LogP contribution in [0, 0.1) is 20.8 Å². The maximum Gasteiger partial charge on any atom is 0.263 e. The number of hydrogen-bond acceptors (Lipinski definition) is 4. The Kier molecular flexibility index (Phi) is 4.66. The summed E-state index contributed by atoms with van der Waals surface area (Å²) in [5.74, 6) is 0. The highest BCUT2D eigenvalue weighted by molar-refractivity contribution is 7.92. The summed E-state index contributed by atoms with van der Waals surface area (Å²) in [6.45, 7) is 5.73. The minimum atomic E-state index is -3.73. The van der Waals surface area contributed by atoms with Crippen molar-refractivity contribution in [3.05, 3.63) is 51.6 Å². The highest BCUT2D eigenvalue weighted by atomic mass is 35.5. The Morgan fingerprint density at radius 3 is 2.52 bits per heavy atom. The SMILES string of the molecule is Cc1nc(-c2cc(S(=O)(=O)Nc3cccc(Cl)c3)c(C)n2C)sc1C. The number of anilines is 1. The van der Waals surface area contributed by atoms with Crippen LogP contribution < -0.4 is 4.72 Å². The largest absolute Gasteiger partial charge is 0.345 e. The maximum atomic E-state index is 12.8. The highest BCUT2D eigenvalue weighted by Gasteiger charge is 2.23. The van der Waals surface area contributed by atoms with Crippen molar-refractivity contribution < 1.29 is 8.42 Å². The average Bonchev–Trinajstić information content (AvgIpc) is 3.00. The summed E-state index contributed by atoms with van der Waals surface area (Å²) in [7, 11) is -1.88. The minimum Gasteiger partial charge on any atom is -0.345 e. The van der Waals surface area contributed by atoms with Crippen molar-refractivity contribution in [3.8, 4) is 10.7 Å². The van der Waals surface area contributed by atoms with Gasteiger partial charge in [0.25, 0.3) is 10.0 Å². The van der Waals surface area contributed by atoms with Crippen molar-refractivity contribution in [2.24, 2.45) is 7.05 Å². The predicted octanol–water partition coefficient (Wildman–Crippen LogP) is 4.53. The van der Waals surface area contributed by atoms with E-state index < -0.39 is 10.0 Å². The van der Waals surface area contributed by atoms with Crippen molar-refractivity contribution in [1.29, 1.82) is 0 Å². The molecule has 0 saturated heterocycles. The quantitative estimate of drug-likeness (QED) is 0.705. The molecule has 0 unspecified atom stereocenters. The first kappa shape index (κ1) is 18.0. The van der Waals surface area contributed by atoms with E-state index in [0.717, 1.165) is 21.3 Å². The fourth-order valence-corrected chi connectivity index (χ4v) is 4.99. The summed E-state index contributed by atoms with van der Waals surface area (Å²) in [5.41, 5.74) is 2.82. The van der Waals surface area contributed by atoms with E-state index in [9.17, 15) is 8.42 Å². The van der Waals surface area contributed by atoms with Crippen LogP contribution in [0.2, 0.25) is 5.02 Å². The summed E-state index contributed by atoms with van der Waals surface area (Å²) in [5, 5.41) is 1.28. The Morgan fingerprint density at radius 2 is 1.92 bits per heavy atom. The molecule has 5 nitrogen and oxygen atoms in total. The molecule has 25 heavy (non-hydrogen) atoms. The van der Waals surface area contributed by atoms with Gasteiger partial charge in [0, 0.05) is 22.6 Å². The highest BCUT2D eigenvalue weighted by Crippen LogP contribution is 2.32. The number of rotatable bonds is 4. The molecule has 132 valence electrons. The second kappa shape index (κ2) is 6.48. The molecule has 0 fully saturated rings. The van der Waals surface area contributed by atoms with E-state index in [1.807, 2.05) is 25.5 Å². The molecule has 0 aliphatic rings. The number of nitrogens with zero attached hydrogens (tertiary/aromatic N) is 2. The molecule has 0 atom stereocenters. The first-order valence-electron chi connectivity index (χ1n) is 7.58. The first-order valence-corrected chi connectivity index (χ1v) is 10.3. The number of sulfonamides is 1. The van der Waals surface area contributed by atoms with Gasteiger partial charge in [-0.1, -0.05) is 17.7 Å². The van der Waals surface area contributed by atoms with Gasteiger partial charge in [-0.05, 0) is 45.0 Å². The number of aryl methyl sites for hydroxylation is 2. The van der Waals surface area contributed by atoms with Gasteiger partial charge in [0.15, 0.2) is 0 Å². The summed E-state index contributed by atoms with van der Waals surface area (Å²) >= 11 is 7.49. The third kappa shape index (κ3) is 3.44. The van der Waals surface area contributed by atoms with E-state index in [-0.39, 0.29) is 4.90 Å². The third-order valence-electron chi connectivity index (χ3n) is 4.10. The topological polar surface area (TPSA) is 64.0 Å². The zero-order chi connectivity index (χ0) is 18.4. The molecule has 0 bridgehead atoms. The molecule has 0 amide bonds. The monoisotopic (exact) mass is 395 g/mol. The zero-order valence-electron chi connectivity index (χ0n) is 14.3. The minimum absolute atomic E-state index is 0.232. The molecule has 0 aliphatic heterocycles. The van der Waals surface area contributed by atoms with E-state index in [0.29, 0.717) is 16.4 Å². The van der Waals surface area contributed by atoms with Crippen molar-refractivity contribution in [1.82, 2.24) is 9.55 Å². The first-order chi connectivity index (χ1) is 11.7. The molecule has 2 heterocycles. The maximum absolute atomic E-state index is 12.8. The van der Waals surface area contributed by atoms with Crippen LogP contribution in [0.15, 0.2) is 35.2 Å². The van der Waals surface area contributed by atoms with Gasteiger partial charge in [-0.3, -0.25) is 4.72 Å². The molecule has 0 spiro atoms. The lowest BCUT2D eigenvalue weighted by Gasteiger charge is -2.08. The number of hydrogen-bond donors (Lipinski definition) is 1. The van der Waals surface area contributed by atoms with Crippen LogP contribution in [0.3, 0.4) is 0 Å². The van der Waals surface area contributed by atoms with E-state index in [4.69, 9.17) is 11.6 Å². The lowest BCUT2D eigenvalue weighted by molar-refractivity contribution is 0.600. The molecule has 0 aliphatic carbocycles. The van der Waals surface area contributed by atoms with Gasteiger partial charge in [0.1, 0.15) is 9.90 Å². The van der Waals surface area contributed by atoms with Crippen molar-refractivity contribution in [2.75, 3.05) is 4.72 Å². The lowest BCUT2D eigenvalue weighted by atomic mass is 10.3. The van der Waals surface area contributed by atoms with Crippen LogP contribution in [-0.2, 0) is 17.1 Å². The van der Waals surface area contributed by atoms with Crippen molar-refractivity contribution in [2.45, 2.75) is 25.7 Å². The summed E-state index contributed by atoms with van der Waals surface area (Å²) in [6.07, 6.45) is 0. The number of halogens is 1. The molecular formula is C17H18ClN3O2S2. The third-order valence-corrected chi connectivity index (χ3v) is 6.93. The van der Waals surface area contributed by atoms with Gasteiger partial charge in [0.2, 0.25) is 0 Å². The normalized spacial score (nSPS) is 11.7. The fourth-order valence-electron chi connectivity index (χ4n) is 2.49. The summed E-state index contributed by atoms with van der Waals surface area (Å²) in [6, 6.07) is 8.30. The molecule has 0 radical (unpaired) electrons. The van der Waals surface area contributed by atoms with Crippen molar-refractivity contribution in [3.63, 3.8) is 0 Å². The number of nitrogens with one attached hydrogen (secondary N) is 1. The standard InChI is InChI=1S/C17H18ClN3O2S2/c1-10-12(3)24-17(19-10)15-9-16(11(2)21(15)4)25(22,23)20-14-7-5-6-13(18)8-14/h5-9,20H,1-4H3. The van der Waals surface area contributed by atoms with E-state index in [1.54, 1.807) is 48.6 Å². The Hall–Kier alpha value is -1.83. The predicted molar refractivity (Wildman–Crippen MR) is 103 cm³/mol. The Bertz CT molecular complexity index is 1030. The van der Waals surface area contributed by atoms with Crippen LogP contribution in [0.1, 0.15) is 16.3 Å². The van der Waals surface area contributed by atoms with Gasteiger partial charge < -0.3 is 4.57 Å². The van der Waals surface area contributed by atoms with Crippen LogP contribution in [-0.4, -0.2) is 18.0 Å². The van der Waals surface area contributed by atoms with Gasteiger partial charge in [-0.2, -0.15) is 0 Å². The molecule has 2 aromatic heterocycles. The molecular weight excluding hydrogens is 378 g/mol. The van der Waals surface area contributed by atoms with Gasteiger partial charge in [0.05, 0.1) is 17.1 Å². The second-order valence-electron chi connectivity index (χ2n) is 5.81. The van der Waals surface area contributed by atoms with Crippen LogP contribution in [0.5, 0.6) is 0 Å². The van der Waals surface area contributed by atoms with E-state index >= 15 is 0 Å². The number of benzene rings is 1. The average molecular weight is 396 g/mol.